The molecular formula is C18H22N6O2. The van der Waals surface area contributed by atoms with Crippen molar-refractivity contribution in [1.29, 1.82) is 0 Å². The van der Waals surface area contributed by atoms with Crippen molar-refractivity contribution in [2.75, 3.05) is 19.6 Å². The number of H-pyrrole nitrogens is 1. The van der Waals surface area contributed by atoms with E-state index in [9.17, 15) is 9.59 Å². The van der Waals surface area contributed by atoms with Crippen LogP contribution in [0.5, 0.6) is 0 Å². The molecule has 2 saturated heterocycles. The fourth-order valence-corrected chi connectivity index (χ4v) is 4.13. The number of likely N-dealkylation sites (tertiary alicyclic amines) is 2. The highest BCUT2D eigenvalue weighted by atomic mass is 16.2. The molecule has 0 radical (unpaired) electrons. The fraction of sp³-hybridized carbons (Fsp3) is 0.500. The lowest BCUT2D eigenvalue weighted by molar-refractivity contribution is -0.139. The van der Waals surface area contributed by atoms with Crippen LogP contribution in [-0.4, -0.2) is 61.4 Å². The van der Waals surface area contributed by atoms with Gasteiger partial charge in [0.15, 0.2) is 0 Å². The minimum atomic E-state index is -0.112. The molecule has 4 heterocycles. The molecule has 0 aromatic carbocycles. The van der Waals surface area contributed by atoms with Crippen LogP contribution in [0, 0.1) is 5.41 Å². The number of carbonyl (C=O) groups excluding carboxylic acids is 2. The summed E-state index contributed by atoms with van der Waals surface area (Å²) in [6.07, 6.45) is 8.19. The molecule has 4 rings (SSSR count). The standard InChI is InChI=1S/C18H22N6O2/c25-15-2-6-18(12-24(15)10-14-3-7-19-8-4-14)5-1-9-23(11-18)17(26)16-20-13-21-22-16/h3-4,7-8,13H,1-2,5-6,9-12H2,(H,20,21,22)/t18-/m1/s1. The molecule has 2 aromatic heterocycles. The number of rotatable bonds is 3. The molecule has 8 nitrogen and oxygen atoms in total. The van der Waals surface area contributed by atoms with Crippen LogP contribution in [0.2, 0.25) is 0 Å². The first kappa shape index (κ1) is 16.7. The van der Waals surface area contributed by atoms with Crippen LogP contribution in [0.25, 0.3) is 0 Å². The van der Waals surface area contributed by atoms with E-state index in [1.54, 1.807) is 12.4 Å². The number of carbonyl (C=O) groups is 2. The van der Waals surface area contributed by atoms with Crippen LogP contribution < -0.4 is 0 Å². The molecule has 1 atom stereocenters. The van der Waals surface area contributed by atoms with E-state index in [1.807, 2.05) is 21.9 Å². The van der Waals surface area contributed by atoms with Crippen molar-refractivity contribution in [3.63, 3.8) is 0 Å². The molecule has 0 unspecified atom stereocenters. The van der Waals surface area contributed by atoms with Crippen molar-refractivity contribution < 1.29 is 9.59 Å². The van der Waals surface area contributed by atoms with Crippen molar-refractivity contribution >= 4 is 11.8 Å². The van der Waals surface area contributed by atoms with E-state index in [-0.39, 0.29) is 23.1 Å². The van der Waals surface area contributed by atoms with Crippen molar-refractivity contribution in [2.24, 2.45) is 5.41 Å². The number of amides is 2. The molecule has 2 amide bonds. The van der Waals surface area contributed by atoms with E-state index < -0.39 is 0 Å². The zero-order valence-electron chi connectivity index (χ0n) is 14.6. The number of aromatic nitrogens is 4. The quantitative estimate of drug-likeness (QED) is 0.895. The van der Waals surface area contributed by atoms with Crippen molar-refractivity contribution in [3.05, 3.63) is 42.2 Å². The Bertz CT molecular complexity index is 778. The van der Waals surface area contributed by atoms with Gasteiger partial charge >= 0.3 is 0 Å². The first-order chi connectivity index (χ1) is 12.7. The SMILES string of the molecule is O=C1CC[C@@]2(CCCN(C(=O)c3ncn[nH]3)C2)CN1Cc1ccncc1. The second-order valence-corrected chi connectivity index (χ2v) is 7.27. The smallest absolute Gasteiger partial charge is 0.291 e. The van der Waals surface area contributed by atoms with E-state index in [2.05, 4.69) is 20.2 Å². The number of nitrogens with zero attached hydrogens (tertiary/aromatic N) is 5. The van der Waals surface area contributed by atoms with Crippen LogP contribution in [0.15, 0.2) is 30.9 Å². The zero-order valence-corrected chi connectivity index (χ0v) is 14.6. The molecular weight excluding hydrogens is 332 g/mol. The number of piperidine rings is 2. The third kappa shape index (κ3) is 3.31. The number of hydrogen-bond donors (Lipinski definition) is 1. The summed E-state index contributed by atoms with van der Waals surface area (Å²) in [6, 6.07) is 3.88. The monoisotopic (exact) mass is 354 g/mol. The van der Waals surface area contributed by atoms with Crippen LogP contribution >= 0.6 is 0 Å². The maximum atomic E-state index is 12.6. The van der Waals surface area contributed by atoms with Gasteiger partial charge in [-0.05, 0) is 37.0 Å². The molecule has 2 aliphatic heterocycles. The second-order valence-electron chi connectivity index (χ2n) is 7.27. The lowest BCUT2D eigenvalue weighted by atomic mass is 9.73. The van der Waals surface area contributed by atoms with Gasteiger partial charge in [0.05, 0.1) is 0 Å². The number of pyridine rings is 1. The van der Waals surface area contributed by atoms with Gasteiger partial charge in [-0.15, -0.1) is 0 Å². The van der Waals surface area contributed by atoms with Gasteiger partial charge in [-0.25, -0.2) is 4.98 Å². The molecule has 2 aromatic rings. The van der Waals surface area contributed by atoms with Crippen LogP contribution in [0.1, 0.15) is 41.9 Å². The fourth-order valence-electron chi connectivity index (χ4n) is 4.13. The van der Waals surface area contributed by atoms with Crippen molar-refractivity contribution in [3.8, 4) is 0 Å². The average Bonchev–Trinajstić information content (AvgIpc) is 3.20. The van der Waals surface area contributed by atoms with Crippen molar-refractivity contribution in [1.82, 2.24) is 30.0 Å². The predicted octanol–water partition coefficient (Wildman–Crippen LogP) is 1.24. The largest absolute Gasteiger partial charge is 0.338 e. The summed E-state index contributed by atoms with van der Waals surface area (Å²) in [5, 5.41) is 6.42. The van der Waals surface area contributed by atoms with E-state index in [1.165, 1.54) is 6.33 Å². The summed E-state index contributed by atoms with van der Waals surface area (Å²) in [7, 11) is 0. The summed E-state index contributed by atoms with van der Waals surface area (Å²) in [4.78, 5) is 36.9. The van der Waals surface area contributed by atoms with E-state index in [0.717, 1.165) is 31.4 Å². The van der Waals surface area contributed by atoms with E-state index in [4.69, 9.17) is 0 Å². The second kappa shape index (κ2) is 6.86. The maximum absolute atomic E-state index is 12.6. The minimum Gasteiger partial charge on any atom is -0.338 e. The molecule has 0 aliphatic carbocycles. The predicted molar refractivity (Wildman–Crippen MR) is 92.8 cm³/mol. The van der Waals surface area contributed by atoms with Gasteiger partial charge in [0.25, 0.3) is 5.91 Å². The zero-order chi connectivity index (χ0) is 18.0. The summed E-state index contributed by atoms with van der Waals surface area (Å²) < 4.78 is 0. The molecule has 136 valence electrons. The summed E-state index contributed by atoms with van der Waals surface area (Å²) in [6.45, 7) is 2.67. The van der Waals surface area contributed by atoms with E-state index >= 15 is 0 Å². The number of aromatic amines is 1. The summed E-state index contributed by atoms with van der Waals surface area (Å²) in [5.41, 5.74) is 1.05. The highest BCUT2D eigenvalue weighted by molar-refractivity contribution is 5.90. The van der Waals surface area contributed by atoms with Gasteiger partial charge in [0, 0.05) is 50.4 Å². The van der Waals surface area contributed by atoms with Crippen LogP contribution in [0.4, 0.5) is 0 Å². The van der Waals surface area contributed by atoms with Gasteiger partial charge in [0.2, 0.25) is 11.7 Å². The number of nitrogens with one attached hydrogen (secondary N) is 1. The molecule has 0 saturated carbocycles. The van der Waals surface area contributed by atoms with Gasteiger partial charge in [0.1, 0.15) is 6.33 Å². The lowest BCUT2D eigenvalue weighted by Crippen LogP contribution is -2.54. The third-order valence-corrected chi connectivity index (χ3v) is 5.44. The van der Waals surface area contributed by atoms with Crippen molar-refractivity contribution in [2.45, 2.75) is 32.2 Å². The Morgan fingerprint density at radius 2 is 2.08 bits per heavy atom. The highest BCUT2D eigenvalue weighted by Gasteiger charge is 2.43. The van der Waals surface area contributed by atoms with Gasteiger partial charge in [-0.2, -0.15) is 5.10 Å². The van der Waals surface area contributed by atoms with Crippen LogP contribution in [0.3, 0.4) is 0 Å². The Morgan fingerprint density at radius 3 is 2.85 bits per heavy atom. The molecule has 8 heteroatoms. The molecule has 2 fully saturated rings. The number of hydrogen-bond acceptors (Lipinski definition) is 5. The topological polar surface area (TPSA) is 95.1 Å². The average molecular weight is 354 g/mol. The highest BCUT2D eigenvalue weighted by Crippen LogP contribution is 2.39. The Labute approximate surface area is 151 Å². The lowest BCUT2D eigenvalue weighted by Gasteiger charge is -2.48. The minimum absolute atomic E-state index is 0.0329. The summed E-state index contributed by atoms with van der Waals surface area (Å²) >= 11 is 0. The normalized spacial score (nSPS) is 23.5. The van der Waals surface area contributed by atoms with Gasteiger partial charge < -0.3 is 9.80 Å². The van der Waals surface area contributed by atoms with Crippen LogP contribution in [-0.2, 0) is 11.3 Å². The first-order valence-corrected chi connectivity index (χ1v) is 8.97. The molecule has 2 aliphatic rings. The molecule has 1 spiro atoms. The third-order valence-electron chi connectivity index (χ3n) is 5.44. The Kier molecular flexibility index (Phi) is 4.40. The van der Waals surface area contributed by atoms with E-state index in [0.29, 0.717) is 26.1 Å². The van der Waals surface area contributed by atoms with Gasteiger partial charge in [-0.3, -0.25) is 19.7 Å². The Hall–Kier alpha value is -2.77. The molecule has 1 N–H and O–H groups in total. The Balaban J connectivity index is 1.48. The first-order valence-electron chi connectivity index (χ1n) is 8.97. The molecule has 0 bridgehead atoms. The maximum Gasteiger partial charge on any atom is 0.291 e. The van der Waals surface area contributed by atoms with Gasteiger partial charge in [-0.1, -0.05) is 0 Å². The molecule has 26 heavy (non-hydrogen) atoms. The summed E-state index contributed by atoms with van der Waals surface area (Å²) in [5.74, 6) is 0.354. The Morgan fingerprint density at radius 1 is 1.23 bits per heavy atom.